The first kappa shape index (κ1) is 26.9. The van der Waals surface area contributed by atoms with Gasteiger partial charge in [-0.2, -0.15) is 26.3 Å². The highest BCUT2D eigenvalue weighted by atomic mass is 32.2. The van der Waals surface area contributed by atoms with E-state index in [-0.39, 0.29) is 29.1 Å². The second-order valence-electron chi connectivity index (χ2n) is 7.30. The van der Waals surface area contributed by atoms with Crippen LogP contribution in [-0.4, -0.2) is 14.3 Å². The number of carbonyl (C=O) groups is 1. The SMILES string of the molecule is NS(=O)(=O)c1cccc(NC(=O)c2c(Oc3ccc(CF)cc3)cc(C(F)(F)F)cc2C(F)(F)F)c1. The van der Waals surface area contributed by atoms with E-state index in [2.05, 4.69) is 0 Å². The number of ether oxygens (including phenoxy) is 1. The van der Waals surface area contributed by atoms with E-state index in [1.54, 1.807) is 0 Å². The highest BCUT2D eigenvalue weighted by molar-refractivity contribution is 7.89. The average molecular weight is 536 g/mol. The van der Waals surface area contributed by atoms with E-state index < -0.39 is 62.3 Å². The van der Waals surface area contributed by atoms with Crippen LogP contribution in [0.4, 0.5) is 36.4 Å². The van der Waals surface area contributed by atoms with Crippen molar-refractivity contribution in [1.82, 2.24) is 0 Å². The topological polar surface area (TPSA) is 98.5 Å². The van der Waals surface area contributed by atoms with Crippen molar-refractivity contribution in [2.45, 2.75) is 23.9 Å². The number of anilines is 1. The molecule has 0 aliphatic heterocycles. The summed E-state index contributed by atoms with van der Waals surface area (Å²) in [7, 11) is -4.24. The molecule has 0 atom stereocenters. The van der Waals surface area contributed by atoms with Gasteiger partial charge in [0.25, 0.3) is 5.91 Å². The van der Waals surface area contributed by atoms with E-state index in [9.17, 15) is 43.9 Å². The number of carbonyl (C=O) groups excluding carboxylic acids is 1. The number of nitrogens with two attached hydrogens (primary N) is 1. The van der Waals surface area contributed by atoms with Crippen LogP contribution >= 0.6 is 0 Å². The second-order valence-corrected chi connectivity index (χ2v) is 8.86. The predicted molar refractivity (Wildman–Crippen MR) is 114 cm³/mol. The minimum Gasteiger partial charge on any atom is -0.457 e. The molecule has 0 heterocycles. The van der Waals surface area contributed by atoms with Crippen LogP contribution in [0.1, 0.15) is 27.0 Å². The minimum atomic E-state index is -5.42. The molecule has 0 aliphatic carbocycles. The van der Waals surface area contributed by atoms with Gasteiger partial charge < -0.3 is 10.1 Å². The Kier molecular flexibility index (Phi) is 7.32. The monoisotopic (exact) mass is 536 g/mol. The summed E-state index contributed by atoms with van der Waals surface area (Å²) in [5.74, 6) is -2.91. The molecule has 0 spiro atoms. The van der Waals surface area contributed by atoms with Gasteiger partial charge in [-0.05, 0) is 48.0 Å². The molecule has 0 bridgehead atoms. The van der Waals surface area contributed by atoms with Crippen LogP contribution in [0.2, 0.25) is 0 Å². The molecule has 0 saturated carbocycles. The molecule has 6 nitrogen and oxygen atoms in total. The maximum atomic E-state index is 13.8. The van der Waals surface area contributed by atoms with E-state index in [0.717, 1.165) is 36.4 Å². The number of primary sulfonamides is 1. The molecule has 0 radical (unpaired) electrons. The second kappa shape index (κ2) is 9.78. The van der Waals surface area contributed by atoms with Crippen molar-refractivity contribution in [3.05, 3.63) is 82.9 Å². The quantitative estimate of drug-likeness (QED) is 0.384. The van der Waals surface area contributed by atoms with Gasteiger partial charge in [0.05, 0.1) is 21.6 Å². The maximum Gasteiger partial charge on any atom is 0.417 e. The lowest BCUT2D eigenvalue weighted by atomic mass is 10.0. The lowest BCUT2D eigenvalue weighted by Crippen LogP contribution is -2.22. The summed E-state index contributed by atoms with van der Waals surface area (Å²) in [5, 5.41) is 7.01. The third-order valence-corrected chi connectivity index (χ3v) is 5.60. The number of benzene rings is 3. The number of halogens is 7. The van der Waals surface area contributed by atoms with Crippen molar-refractivity contribution in [3.8, 4) is 11.5 Å². The summed E-state index contributed by atoms with van der Waals surface area (Å²) < 4.78 is 123. The molecular weight excluding hydrogens is 521 g/mol. The van der Waals surface area contributed by atoms with Gasteiger partial charge in [0, 0.05) is 5.69 Å². The molecule has 3 N–H and O–H groups in total. The molecule has 0 unspecified atom stereocenters. The van der Waals surface area contributed by atoms with Crippen molar-refractivity contribution in [2.24, 2.45) is 5.14 Å². The normalized spacial score (nSPS) is 12.3. The standard InChI is InChI=1S/C22H15F7N2O4S/c23-11-12-4-6-15(7-5-12)35-18-9-13(21(24,25)26)8-17(22(27,28)29)19(18)20(32)31-14-2-1-3-16(10-14)36(30,33)34/h1-10H,11H2,(H,31,32)(H2,30,33,34). The summed E-state index contributed by atoms with van der Waals surface area (Å²) in [6, 6.07) is 8.71. The van der Waals surface area contributed by atoms with E-state index in [1.165, 1.54) is 12.1 Å². The van der Waals surface area contributed by atoms with Crippen molar-refractivity contribution >= 4 is 21.6 Å². The molecule has 14 heteroatoms. The lowest BCUT2D eigenvalue weighted by Gasteiger charge is -2.20. The third-order valence-electron chi connectivity index (χ3n) is 4.69. The number of hydrogen-bond acceptors (Lipinski definition) is 4. The fraction of sp³-hybridized carbons (Fsp3) is 0.136. The summed E-state index contributed by atoms with van der Waals surface area (Å²) in [6.07, 6.45) is -10.7. The maximum absolute atomic E-state index is 13.8. The zero-order valence-corrected chi connectivity index (χ0v) is 18.6. The highest BCUT2D eigenvalue weighted by Gasteiger charge is 2.42. The van der Waals surface area contributed by atoms with Gasteiger partial charge in [0.15, 0.2) is 0 Å². The first-order chi connectivity index (χ1) is 16.6. The zero-order valence-electron chi connectivity index (χ0n) is 17.7. The molecule has 3 aromatic rings. The van der Waals surface area contributed by atoms with Gasteiger partial charge in [0.2, 0.25) is 10.0 Å². The summed E-state index contributed by atoms with van der Waals surface area (Å²) in [4.78, 5) is 12.4. The van der Waals surface area contributed by atoms with Gasteiger partial charge >= 0.3 is 12.4 Å². The van der Waals surface area contributed by atoms with E-state index >= 15 is 0 Å². The van der Waals surface area contributed by atoms with E-state index in [1.807, 2.05) is 5.32 Å². The van der Waals surface area contributed by atoms with Crippen molar-refractivity contribution < 1.29 is 48.7 Å². The van der Waals surface area contributed by atoms with Gasteiger partial charge in [-0.3, -0.25) is 4.79 Å². The lowest BCUT2D eigenvalue weighted by molar-refractivity contribution is -0.143. The van der Waals surface area contributed by atoms with Crippen LogP contribution < -0.4 is 15.2 Å². The molecule has 0 aromatic heterocycles. The average Bonchev–Trinajstić information content (AvgIpc) is 2.77. The zero-order chi connectivity index (χ0) is 26.9. The van der Waals surface area contributed by atoms with Gasteiger partial charge in [-0.1, -0.05) is 18.2 Å². The Labute approximate surface area is 199 Å². The van der Waals surface area contributed by atoms with Crippen molar-refractivity contribution in [2.75, 3.05) is 5.32 Å². The largest absolute Gasteiger partial charge is 0.457 e. The molecule has 3 rings (SSSR count). The van der Waals surface area contributed by atoms with Crippen molar-refractivity contribution in [1.29, 1.82) is 0 Å². The Morgan fingerprint density at radius 3 is 2.08 bits per heavy atom. The number of nitrogens with one attached hydrogen (secondary N) is 1. The minimum absolute atomic E-state index is 0.162. The number of rotatable bonds is 6. The molecule has 0 saturated heterocycles. The molecule has 36 heavy (non-hydrogen) atoms. The van der Waals surface area contributed by atoms with Gasteiger partial charge in [-0.25, -0.2) is 17.9 Å². The van der Waals surface area contributed by atoms with Crippen LogP contribution in [0.3, 0.4) is 0 Å². The number of sulfonamides is 1. The van der Waals surface area contributed by atoms with Crippen LogP contribution in [0.5, 0.6) is 11.5 Å². The van der Waals surface area contributed by atoms with Crippen LogP contribution in [0.15, 0.2) is 65.6 Å². The summed E-state index contributed by atoms with van der Waals surface area (Å²) in [5.41, 5.74) is -5.13. The third kappa shape index (κ3) is 6.31. The predicted octanol–water partition coefficient (Wildman–Crippen LogP) is 5.89. The van der Waals surface area contributed by atoms with Crippen LogP contribution in [-0.2, 0) is 29.1 Å². The number of amides is 1. The molecule has 0 fully saturated rings. The first-order valence-corrected chi connectivity index (χ1v) is 11.2. The van der Waals surface area contributed by atoms with E-state index in [0.29, 0.717) is 0 Å². The van der Waals surface area contributed by atoms with Crippen LogP contribution in [0.25, 0.3) is 0 Å². The number of hydrogen-bond donors (Lipinski definition) is 2. The molecule has 1 amide bonds. The first-order valence-electron chi connectivity index (χ1n) is 9.69. The van der Waals surface area contributed by atoms with Gasteiger partial charge in [0.1, 0.15) is 18.2 Å². The Morgan fingerprint density at radius 1 is 0.917 bits per heavy atom. The summed E-state index contributed by atoms with van der Waals surface area (Å²) >= 11 is 0. The summed E-state index contributed by atoms with van der Waals surface area (Å²) in [6.45, 7) is -0.882. The molecule has 3 aromatic carbocycles. The smallest absolute Gasteiger partial charge is 0.417 e. The number of alkyl halides is 7. The van der Waals surface area contributed by atoms with Crippen molar-refractivity contribution in [3.63, 3.8) is 0 Å². The molecular formula is C22H15F7N2O4S. The fourth-order valence-electron chi connectivity index (χ4n) is 3.04. The molecule has 192 valence electrons. The molecule has 0 aliphatic rings. The van der Waals surface area contributed by atoms with Gasteiger partial charge in [-0.15, -0.1) is 0 Å². The van der Waals surface area contributed by atoms with E-state index in [4.69, 9.17) is 9.88 Å². The Morgan fingerprint density at radius 2 is 1.56 bits per heavy atom. The Hall–Kier alpha value is -3.65. The Bertz CT molecular complexity index is 1390. The Balaban J connectivity index is 2.17. The van der Waals surface area contributed by atoms with Crippen LogP contribution in [0, 0.1) is 0 Å². The fourth-order valence-corrected chi connectivity index (χ4v) is 3.59. The highest BCUT2D eigenvalue weighted by Crippen LogP contribution is 2.43.